The summed E-state index contributed by atoms with van der Waals surface area (Å²) in [4.78, 5) is 0. The van der Waals surface area contributed by atoms with E-state index in [0.717, 1.165) is 5.56 Å². The van der Waals surface area contributed by atoms with Crippen molar-refractivity contribution in [1.29, 1.82) is 0 Å². The second kappa shape index (κ2) is 3.98. The lowest BCUT2D eigenvalue weighted by molar-refractivity contribution is 0.475. The van der Waals surface area contributed by atoms with E-state index in [1.54, 1.807) is 30.3 Å². The number of rotatable bonds is 2. The Hall–Kier alpha value is -1.21. The van der Waals surface area contributed by atoms with E-state index in [1.165, 1.54) is 0 Å². The molecule has 12 heavy (non-hydrogen) atoms. The summed E-state index contributed by atoms with van der Waals surface area (Å²) in [5, 5.41) is 9.46. The van der Waals surface area contributed by atoms with E-state index in [4.69, 9.17) is 16.7 Å². The molecule has 0 fully saturated rings. The zero-order valence-corrected chi connectivity index (χ0v) is 7.25. The Balaban J connectivity index is 2.77. The molecule has 0 aliphatic rings. The third kappa shape index (κ3) is 2.81. The maximum atomic E-state index is 8.97. The Morgan fingerprint density at radius 2 is 1.92 bits per heavy atom. The number of hydrogen-bond acceptors (Lipinski definition) is 1. The molecule has 0 aromatic heterocycles. The molecule has 2 heteroatoms. The van der Waals surface area contributed by atoms with Crippen LogP contribution < -0.4 is 0 Å². The van der Waals surface area contributed by atoms with E-state index in [1.807, 2.05) is 6.08 Å². The molecule has 0 aliphatic carbocycles. The molecule has 0 radical (unpaired) electrons. The molecule has 1 aromatic rings. The van der Waals surface area contributed by atoms with Gasteiger partial charge in [0.2, 0.25) is 0 Å². The minimum Gasteiger partial charge on any atom is -0.508 e. The zero-order chi connectivity index (χ0) is 8.97. The molecule has 0 amide bonds. The van der Waals surface area contributed by atoms with Crippen molar-refractivity contribution in [3.8, 4) is 5.75 Å². The summed E-state index contributed by atoms with van der Waals surface area (Å²) in [5.74, 6) is 0.261. The summed E-state index contributed by atoms with van der Waals surface area (Å²) in [6, 6.07) is 6.84. The predicted octanol–water partition coefficient (Wildman–Crippen LogP) is 3.16. The topological polar surface area (TPSA) is 20.2 Å². The summed E-state index contributed by atoms with van der Waals surface area (Å²) in [6.07, 6.45) is 3.53. The maximum Gasteiger partial charge on any atom is 0.115 e. The molecule has 1 rings (SSSR count). The number of hydrogen-bond donors (Lipinski definition) is 1. The van der Waals surface area contributed by atoms with Crippen molar-refractivity contribution in [2.45, 2.75) is 0 Å². The van der Waals surface area contributed by atoms with Crippen molar-refractivity contribution in [2.75, 3.05) is 0 Å². The van der Waals surface area contributed by atoms with Gasteiger partial charge in [0.25, 0.3) is 0 Å². The first-order chi connectivity index (χ1) is 5.68. The predicted molar refractivity (Wildman–Crippen MR) is 52.1 cm³/mol. The zero-order valence-electron chi connectivity index (χ0n) is 6.50. The summed E-state index contributed by atoms with van der Waals surface area (Å²) >= 11 is 5.53. The van der Waals surface area contributed by atoms with Gasteiger partial charge in [-0.1, -0.05) is 36.4 Å². The molecule has 0 heterocycles. The fourth-order valence-corrected chi connectivity index (χ4v) is 0.835. The van der Waals surface area contributed by atoms with E-state index in [0.29, 0.717) is 5.03 Å². The third-order valence-electron chi connectivity index (χ3n) is 1.35. The lowest BCUT2D eigenvalue weighted by Gasteiger charge is -1.92. The standard InChI is InChI=1S/C10H9ClO/c1-8(11)2-3-9-4-6-10(12)7-5-9/h2-7,12H,1H2. The number of phenolic OH excluding ortho intramolecular Hbond substituents is 1. The second-order valence-electron chi connectivity index (χ2n) is 2.37. The van der Waals surface area contributed by atoms with Crippen LogP contribution in [-0.2, 0) is 0 Å². The van der Waals surface area contributed by atoms with Crippen LogP contribution in [0.15, 0.2) is 42.0 Å². The largest absolute Gasteiger partial charge is 0.508 e. The first-order valence-corrected chi connectivity index (χ1v) is 3.88. The van der Waals surface area contributed by atoms with Crippen LogP contribution in [0.4, 0.5) is 0 Å². The summed E-state index contributed by atoms with van der Waals surface area (Å²) in [6.45, 7) is 3.52. The summed E-state index contributed by atoms with van der Waals surface area (Å²) < 4.78 is 0. The molecular formula is C10H9ClO. The number of allylic oxidation sites excluding steroid dienone is 2. The highest BCUT2D eigenvalue weighted by atomic mass is 35.5. The van der Waals surface area contributed by atoms with E-state index >= 15 is 0 Å². The minimum absolute atomic E-state index is 0.261. The van der Waals surface area contributed by atoms with Crippen LogP contribution in [0, 0.1) is 0 Å². The van der Waals surface area contributed by atoms with Gasteiger partial charge in [0.05, 0.1) is 0 Å². The fraction of sp³-hybridized carbons (Fsp3) is 0. The molecule has 1 nitrogen and oxygen atoms in total. The molecule has 0 aliphatic heterocycles. The van der Waals surface area contributed by atoms with E-state index in [2.05, 4.69) is 6.58 Å². The van der Waals surface area contributed by atoms with Gasteiger partial charge in [-0.05, 0) is 23.8 Å². The molecule has 0 atom stereocenters. The van der Waals surface area contributed by atoms with Crippen molar-refractivity contribution in [1.82, 2.24) is 0 Å². The van der Waals surface area contributed by atoms with Crippen molar-refractivity contribution < 1.29 is 5.11 Å². The van der Waals surface area contributed by atoms with Gasteiger partial charge in [0.15, 0.2) is 0 Å². The highest BCUT2D eigenvalue weighted by molar-refractivity contribution is 6.31. The van der Waals surface area contributed by atoms with Crippen LogP contribution in [0.2, 0.25) is 0 Å². The van der Waals surface area contributed by atoms with E-state index in [9.17, 15) is 0 Å². The van der Waals surface area contributed by atoms with Gasteiger partial charge in [-0.25, -0.2) is 0 Å². The first-order valence-electron chi connectivity index (χ1n) is 3.50. The minimum atomic E-state index is 0.261. The normalized spacial score (nSPS) is 10.4. The lowest BCUT2D eigenvalue weighted by atomic mass is 10.2. The van der Waals surface area contributed by atoms with Gasteiger partial charge in [-0.15, -0.1) is 0 Å². The van der Waals surface area contributed by atoms with Gasteiger partial charge >= 0.3 is 0 Å². The Morgan fingerprint density at radius 1 is 1.33 bits per heavy atom. The van der Waals surface area contributed by atoms with Gasteiger partial charge in [-0.3, -0.25) is 0 Å². The smallest absolute Gasteiger partial charge is 0.115 e. The molecule has 0 saturated carbocycles. The van der Waals surface area contributed by atoms with Gasteiger partial charge in [0.1, 0.15) is 5.75 Å². The number of aromatic hydroxyl groups is 1. The average molecular weight is 181 g/mol. The van der Waals surface area contributed by atoms with Gasteiger partial charge < -0.3 is 5.11 Å². The highest BCUT2D eigenvalue weighted by Crippen LogP contribution is 2.12. The number of benzene rings is 1. The Labute approximate surface area is 76.6 Å². The van der Waals surface area contributed by atoms with Gasteiger partial charge in [-0.2, -0.15) is 0 Å². The maximum absolute atomic E-state index is 8.97. The molecule has 1 N–H and O–H groups in total. The first kappa shape index (κ1) is 8.88. The van der Waals surface area contributed by atoms with Gasteiger partial charge in [0, 0.05) is 5.03 Å². The van der Waals surface area contributed by atoms with Crippen molar-refractivity contribution in [3.05, 3.63) is 47.5 Å². The number of phenols is 1. The quantitative estimate of drug-likeness (QED) is 0.694. The monoisotopic (exact) mass is 180 g/mol. The van der Waals surface area contributed by atoms with Crippen LogP contribution in [0.5, 0.6) is 5.75 Å². The molecule has 0 spiro atoms. The summed E-state index contributed by atoms with van der Waals surface area (Å²) in [7, 11) is 0. The molecule has 0 unspecified atom stereocenters. The molecular weight excluding hydrogens is 172 g/mol. The molecule has 62 valence electrons. The summed E-state index contributed by atoms with van der Waals surface area (Å²) in [5.41, 5.74) is 0.981. The molecule has 0 bridgehead atoms. The number of halogens is 1. The van der Waals surface area contributed by atoms with Crippen molar-refractivity contribution in [3.63, 3.8) is 0 Å². The van der Waals surface area contributed by atoms with Crippen molar-refractivity contribution >= 4 is 17.7 Å². The van der Waals surface area contributed by atoms with E-state index in [-0.39, 0.29) is 5.75 Å². The lowest BCUT2D eigenvalue weighted by Crippen LogP contribution is -1.69. The van der Waals surface area contributed by atoms with Crippen LogP contribution in [0.3, 0.4) is 0 Å². The Bertz CT molecular complexity index is 298. The molecule has 0 saturated heterocycles. The Kier molecular flexibility index (Phi) is 2.94. The van der Waals surface area contributed by atoms with Crippen LogP contribution in [0.25, 0.3) is 6.08 Å². The third-order valence-corrected chi connectivity index (χ3v) is 1.48. The molecule has 1 aromatic carbocycles. The second-order valence-corrected chi connectivity index (χ2v) is 2.86. The van der Waals surface area contributed by atoms with E-state index < -0.39 is 0 Å². The SMILES string of the molecule is C=C(Cl)C=Cc1ccc(O)cc1. The fourth-order valence-electron chi connectivity index (χ4n) is 0.772. The Morgan fingerprint density at radius 3 is 2.42 bits per heavy atom. The van der Waals surface area contributed by atoms with Crippen molar-refractivity contribution in [2.24, 2.45) is 0 Å². The highest BCUT2D eigenvalue weighted by Gasteiger charge is 1.87. The van der Waals surface area contributed by atoms with Crippen LogP contribution >= 0.6 is 11.6 Å². The van der Waals surface area contributed by atoms with Crippen LogP contribution in [-0.4, -0.2) is 5.11 Å². The van der Waals surface area contributed by atoms with Crippen LogP contribution in [0.1, 0.15) is 5.56 Å². The average Bonchev–Trinajstić information content (AvgIpc) is 2.03.